The third kappa shape index (κ3) is 4.42. The van der Waals surface area contributed by atoms with Crippen molar-refractivity contribution in [3.8, 4) is 0 Å². The molecule has 1 aromatic rings. The minimum Gasteiger partial charge on any atom is -0.312 e. The topological polar surface area (TPSA) is 12.0 Å². The molecule has 0 amide bonds. The van der Waals surface area contributed by atoms with Crippen molar-refractivity contribution < 1.29 is 0 Å². The number of hydrogen-bond donors (Lipinski definition) is 1. The molecule has 1 atom stereocenters. The third-order valence-corrected chi connectivity index (χ3v) is 3.11. The molecule has 0 spiro atoms. The summed E-state index contributed by atoms with van der Waals surface area (Å²) in [5.41, 5.74) is 1.10. The first-order valence-corrected chi connectivity index (χ1v) is 6.03. The fraction of sp³-hybridized carbons (Fsp3) is 0.500. The molecule has 1 unspecified atom stereocenters. The predicted octanol–water partition coefficient (Wildman–Crippen LogP) is 4.13. The average molecular weight is 246 g/mol. The number of hydrogen-bond acceptors (Lipinski definition) is 1. The summed E-state index contributed by atoms with van der Waals surface area (Å²) in [6, 6.07) is 5.62. The van der Waals surface area contributed by atoms with E-state index in [4.69, 9.17) is 23.2 Å². The molecule has 0 aliphatic heterocycles. The molecule has 0 saturated heterocycles. The minimum absolute atomic E-state index is 0.686. The molecule has 1 rings (SSSR count). The third-order valence-electron chi connectivity index (χ3n) is 2.52. The van der Waals surface area contributed by atoms with Gasteiger partial charge in [0.05, 0.1) is 0 Å². The van der Waals surface area contributed by atoms with Gasteiger partial charge >= 0.3 is 0 Å². The summed E-state index contributed by atoms with van der Waals surface area (Å²) in [5, 5.41) is 4.81. The molecule has 0 aliphatic carbocycles. The highest BCUT2D eigenvalue weighted by atomic mass is 35.5. The van der Waals surface area contributed by atoms with Crippen LogP contribution >= 0.6 is 23.2 Å². The fourth-order valence-electron chi connectivity index (χ4n) is 1.26. The van der Waals surface area contributed by atoms with Gasteiger partial charge in [0, 0.05) is 16.6 Å². The predicted molar refractivity (Wildman–Crippen MR) is 67.6 cm³/mol. The SMILES string of the molecule is CCC(C)CNCc1ccc(Cl)cc1Cl. The van der Waals surface area contributed by atoms with E-state index in [-0.39, 0.29) is 0 Å². The number of nitrogens with one attached hydrogen (secondary N) is 1. The van der Waals surface area contributed by atoms with Crippen molar-refractivity contribution >= 4 is 23.2 Å². The van der Waals surface area contributed by atoms with Crippen molar-refractivity contribution in [2.75, 3.05) is 6.54 Å². The van der Waals surface area contributed by atoms with Crippen LogP contribution in [0.4, 0.5) is 0 Å². The van der Waals surface area contributed by atoms with Crippen molar-refractivity contribution in [2.24, 2.45) is 5.92 Å². The number of rotatable bonds is 5. The maximum atomic E-state index is 6.05. The molecule has 1 nitrogen and oxygen atoms in total. The fourth-order valence-corrected chi connectivity index (χ4v) is 1.74. The van der Waals surface area contributed by atoms with Gasteiger partial charge in [0.2, 0.25) is 0 Å². The molecule has 1 aromatic carbocycles. The van der Waals surface area contributed by atoms with E-state index in [1.54, 1.807) is 6.07 Å². The van der Waals surface area contributed by atoms with Gasteiger partial charge in [0.25, 0.3) is 0 Å². The molecular weight excluding hydrogens is 229 g/mol. The van der Waals surface area contributed by atoms with Gasteiger partial charge in [-0.05, 0) is 30.2 Å². The van der Waals surface area contributed by atoms with Gasteiger partial charge in [-0.3, -0.25) is 0 Å². The normalized spacial score (nSPS) is 12.8. The van der Waals surface area contributed by atoms with Gasteiger partial charge in [-0.2, -0.15) is 0 Å². The molecule has 0 aliphatic rings. The van der Waals surface area contributed by atoms with E-state index in [1.807, 2.05) is 12.1 Å². The lowest BCUT2D eigenvalue weighted by molar-refractivity contribution is 0.500. The van der Waals surface area contributed by atoms with Gasteiger partial charge in [-0.1, -0.05) is 49.5 Å². The van der Waals surface area contributed by atoms with E-state index in [0.717, 1.165) is 23.7 Å². The zero-order valence-electron chi connectivity index (χ0n) is 9.19. The molecule has 3 heteroatoms. The summed E-state index contributed by atoms with van der Waals surface area (Å²) >= 11 is 11.9. The zero-order valence-corrected chi connectivity index (χ0v) is 10.7. The Kier molecular flexibility index (Phi) is 5.44. The second kappa shape index (κ2) is 6.37. The molecule has 84 valence electrons. The molecule has 1 N–H and O–H groups in total. The monoisotopic (exact) mass is 245 g/mol. The lowest BCUT2D eigenvalue weighted by atomic mass is 10.1. The summed E-state index contributed by atoms with van der Waals surface area (Å²) in [7, 11) is 0. The molecule has 0 bridgehead atoms. The Balaban J connectivity index is 2.44. The van der Waals surface area contributed by atoms with Crippen molar-refractivity contribution in [1.82, 2.24) is 5.32 Å². The molecule has 15 heavy (non-hydrogen) atoms. The summed E-state index contributed by atoms with van der Waals surface area (Å²) in [6.45, 7) is 6.26. The largest absolute Gasteiger partial charge is 0.312 e. The maximum absolute atomic E-state index is 6.05. The van der Waals surface area contributed by atoms with Crippen LogP contribution in [0, 0.1) is 5.92 Å². The van der Waals surface area contributed by atoms with Crippen molar-refractivity contribution in [3.63, 3.8) is 0 Å². The smallest absolute Gasteiger partial charge is 0.0465 e. The van der Waals surface area contributed by atoms with Gasteiger partial charge in [-0.25, -0.2) is 0 Å². The van der Waals surface area contributed by atoms with E-state index in [0.29, 0.717) is 10.9 Å². The van der Waals surface area contributed by atoms with Crippen molar-refractivity contribution in [1.29, 1.82) is 0 Å². The molecule has 0 radical (unpaired) electrons. The highest BCUT2D eigenvalue weighted by molar-refractivity contribution is 6.35. The maximum Gasteiger partial charge on any atom is 0.0465 e. The molecule has 0 aromatic heterocycles. The Bertz CT molecular complexity index is 312. The van der Waals surface area contributed by atoms with Gasteiger partial charge < -0.3 is 5.32 Å². The van der Waals surface area contributed by atoms with Crippen LogP contribution < -0.4 is 5.32 Å². The van der Waals surface area contributed by atoms with Crippen molar-refractivity contribution in [2.45, 2.75) is 26.8 Å². The Labute approximate surface area is 102 Å². The van der Waals surface area contributed by atoms with E-state index in [9.17, 15) is 0 Å². The van der Waals surface area contributed by atoms with Crippen LogP contribution in [0.15, 0.2) is 18.2 Å². The van der Waals surface area contributed by atoms with Crippen LogP contribution in [0.1, 0.15) is 25.8 Å². The van der Waals surface area contributed by atoms with E-state index >= 15 is 0 Å². The van der Waals surface area contributed by atoms with Gasteiger partial charge in [-0.15, -0.1) is 0 Å². The molecule has 0 fully saturated rings. The minimum atomic E-state index is 0.686. The van der Waals surface area contributed by atoms with Crippen LogP contribution in [0.25, 0.3) is 0 Å². The van der Waals surface area contributed by atoms with Crippen LogP contribution in [0.2, 0.25) is 10.0 Å². The molecule has 0 heterocycles. The summed E-state index contributed by atoms with van der Waals surface area (Å²) < 4.78 is 0. The number of halogens is 2. The summed E-state index contributed by atoms with van der Waals surface area (Å²) in [6.07, 6.45) is 1.20. The van der Waals surface area contributed by atoms with Crippen molar-refractivity contribution in [3.05, 3.63) is 33.8 Å². The molecule has 0 saturated carbocycles. The first-order chi connectivity index (χ1) is 7.13. The highest BCUT2D eigenvalue weighted by Gasteiger charge is 2.02. The summed E-state index contributed by atoms with van der Waals surface area (Å²) in [5.74, 6) is 0.705. The summed E-state index contributed by atoms with van der Waals surface area (Å²) in [4.78, 5) is 0. The lowest BCUT2D eigenvalue weighted by Gasteiger charge is -2.11. The van der Waals surface area contributed by atoms with Crippen LogP contribution in [0.5, 0.6) is 0 Å². The van der Waals surface area contributed by atoms with Gasteiger partial charge in [0.15, 0.2) is 0 Å². The van der Waals surface area contributed by atoms with Crippen LogP contribution in [0.3, 0.4) is 0 Å². The van der Waals surface area contributed by atoms with Gasteiger partial charge in [0.1, 0.15) is 0 Å². The Morgan fingerprint density at radius 3 is 2.67 bits per heavy atom. The Hall–Kier alpha value is -0.240. The van der Waals surface area contributed by atoms with E-state index < -0.39 is 0 Å². The zero-order chi connectivity index (χ0) is 11.3. The van der Waals surface area contributed by atoms with Crippen LogP contribution in [-0.2, 0) is 6.54 Å². The van der Waals surface area contributed by atoms with E-state index in [2.05, 4.69) is 19.2 Å². The Morgan fingerprint density at radius 1 is 1.33 bits per heavy atom. The Morgan fingerprint density at radius 2 is 2.07 bits per heavy atom. The average Bonchev–Trinajstić information content (AvgIpc) is 2.21. The quantitative estimate of drug-likeness (QED) is 0.823. The van der Waals surface area contributed by atoms with Crippen LogP contribution in [-0.4, -0.2) is 6.54 Å². The standard InChI is InChI=1S/C12H17Cl2N/c1-3-9(2)7-15-8-10-4-5-11(13)6-12(10)14/h4-6,9,15H,3,7-8H2,1-2H3. The highest BCUT2D eigenvalue weighted by Crippen LogP contribution is 2.20. The second-order valence-corrected chi connectivity index (χ2v) is 4.72. The van der Waals surface area contributed by atoms with E-state index in [1.165, 1.54) is 6.42 Å². The first kappa shape index (κ1) is 12.8. The lowest BCUT2D eigenvalue weighted by Crippen LogP contribution is -2.20. The molecular formula is C12H17Cl2N. The second-order valence-electron chi connectivity index (χ2n) is 3.88. The number of benzene rings is 1. The first-order valence-electron chi connectivity index (χ1n) is 5.28.